The molecular weight excluding hydrogens is 271 g/mol. The zero-order valence-electron chi connectivity index (χ0n) is 12.6. The van der Waals surface area contributed by atoms with Crippen LogP contribution in [-0.2, 0) is 9.59 Å². The maximum absolute atomic E-state index is 12.7. The SMILES string of the molecule is CCCC[C@H](CC)CNC(=O)C(=O)Nc1ccc(F)cc1. The second-order valence-electron chi connectivity index (χ2n) is 5.09. The molecule has 0 aliphatic carbocycles. The largest absolute Gasteiger partial charge is 0.348 e. The lowest BCUT2D eigenvalue weighted by molar-refractivity contribution is -0.136. The van der Waals surface area contributed by atoms with Crippen LogP contribution in [0.4, 0.5) is 10.1 Å². The highest BCUT2D eigenvalue weighted by Gasteiger charge is 2.15. The number of hydrogen-bond acceptors (Lipinski definition) is 2. The Kier molecular flexibility index (Phi) is 7.43. The Balaban J connectivity index is 2.40. The summed E-state index contributed by atoms with van der Waals surface area (Å²) < 4.78 is 12.7. The highest BCUT2D eigenvalue weighted by molar-refractivity contribution is 6.39. The second-order valence-corrected chi connectivity index (χ2v) is 5.09. The minimum Gasteiger partial charge on any atom is -0.348 e. The number of rotatable bonds is 7. The number of benzene rings is 1. The summed E-state index contributed by atoms with van der Waals surface area (Å²) in [7, 11) is 0. The van der Waals surface area contributed by atoms with Crippen LogP contribution in [0.1, 0.15) is 39.5 Å². The number of halogens is 1. The summed E-state index contributed by atoms with van der Waals surface area (Å²) in [6, 6.07) is 5.28. The predicted octanol–water partition coefficient (Wildman–Crippen LogP) is 3.10. The van der Waals surface area contributed by atoms with E-state index in [0.29, 0.717) is 18.2 Å². The molecule has 2 N–H and O–H groups in total. The summed E-state index contributed by atoms with van der Waals surface area (Å²) >= 11 is 0. The van der Waals surface area contributed by atoms with E-state index in [1.54, 1.807) is 0 Å². The van der Waals surface area contributed by atoms with E-state index in [2.05, 4.69) is 24.5 Å². The van der Waals surface area contributed by atoms with Gasteiger partial charge in [-0.3, -0.25) is 9.59 Å². The van der Waals surface area contributed by atoms with Crippen LogP contribution in [0.2, 0.25) is 0 Å². The van der Waals surface area contributed by atoms with Gasteiger partial charge in [-0.15, -0.1) is 0 Å². The van der Waals surface area contributed by atoms with Crippen molar-refractivity contribution in [2.45, 2.75) is 39.5 Å². The molecule has 0 heterocycles. The molecule has 1 rings (SSSR count). The molecule has 21 heavy (non-hydrogen) atoms. The molecule has 1 aromatic rings. The van der Waals surface area contributed by atoms with Crippen LogP contribution in [0.15, 0.2) is 24.3 Å². The summed E-state index contributed by atoms with van der Waals surface area (Å²) in [5, 5.41) is 5.09. The van der Waals surface area contributed by atoms with Crippen molar-refractivity contribution in [3.8, 4) is 0 Å². The van der Waals surface area contributed by atoms with E-state index < -0.39 is 11.8 Å². The molecule has 5 heteroatoms. The Bertz CT molecular complexity index is 460. The molecule has 0 saturated carbocycles. The van der Waals surface area contributed by atoms with Crippen LogP contribution in [-0.4, -0.2) is 18.4 Å². The second kappa shape index (κ2) is 9.10. The standard InChI is InChI=1S/C16H23FN2O2/c1-3-5-6-12(4-2)11-18-15(20)16(21)19-14-9-7-13(17)8-10-14/h7-10,12H,3-6,11H2,1-2H3,(H,18,20)(H,19,21)/t12-/m0/s1. The molecule has 1 atom stereocenters. The molecule has 1 aromatic carbocycles. The average Bonchev–Trinajstić information content (AvgIpc) is 2.49. The third kappa shape index (κ3) is 6.38. The van der Waals surface area contributed by atoms with Crippen LogP contribution in [0.5, 0.6) is 0 Å². The number of amides is 2. The first-order chi connectivity index (χ1) is 10.1. The van der Waals surface area contributed by atoms with E-state index in [-0.39, 0.29) is 5.82 Å². The van der Waals surface area contributed by atoms with Gasteiger partial charge in [0.2, 0.25) is 0 Å². The minimum atomic E-state index is -0.730. The molecule has 0 aliphatic rings. The molecule has 0 aliphatic heterocycles. The first kappa shape index (κ1) is 17.1. The van der Waals surface area contributed by atoms with Crippen molar-refractivity contribution in [1.82, 2.24) is 5.32 Å². The van der Waals surface area contributed by atoms with E-state index in [4.69, 9.17) is 0 Å². The summed E-state index contributed by atoms with van der Waals surface area (Å²) in [5.41, 5.74) is 0.398. The molecule has 0 unspecified atom stereocenters. The van der Waals surface area contributed by atoms with Crippen molar-refractivity contribution < 1.29 is 14.0 Å². The van der Waals surface area contributed by atoms with E-state index in [0.717, 1.165) is 25.7 Å². The Morgan fingerprint density at radius 3 is 2.38 bits per heavy atom. The number of carbonyl (C=O) groups excluding carboxylic acids is 2. The van der Waals surface area contributed by atoms with Gasteiger partial charge in [-0.25, -0.2) is 4.39 Å². The number of nitrogens with one attached hydrogen (secondary N) is 2. The number of carbonyl (C=O) groups is 2. The first-order valence-corrected chi connectivity index (χ1v) is 7.41. The fourth-order valence-corrected chi connectivity index (χ4v) is 1.98. The average molecular weight is 294 g/mol. The minimum absolute atomic E-state index is 0.390. The van der Waals surface area contributed by atoms with E-state index >= 15 is 0 Å². The normalized spacial score (nSPS) is 11.8. The van der Waals surface area contributed by atoms with Gasteiger partial charge in [0.25, 0.3) is 0 Å². The molecule has 0 aromatic heterocycles. The van der Waals surface area contributed by atoms with Crippen LogP contribution >= 0.6 is 0 Å². The van der Waals surface area contributed by atoms with Gasteiger partial charge in [0, 0.05) is 12.2 Å². The van der Waals surface area contributed by atoms with Gasteiger partial charge in [-0.1, -0.05) is 33.1 Å². The van der Waals surface area contributed by atoms with Crippen molar-refractivity contribution in [3.63, 3.8) is 0 Å². The highest BCUT2D eigenvalue weighted by Crippen LogP contribution is 2.11. The van der Waals surface area contributed by atoms with E-state index in [1.807, 2.05) is 0 Å². The van der Waals surface area contributed by atoms with Crippen LogP contribution in [0, 0.1) is 11.7 Å². The Hall–Kier alpha value is -1.91. The fraction of sp³-hybridized carbons (Fsp3) is 0.500. The van der Waals surface area contributed by atoms with Gasteiger partial charge in [0.15, 0.2) is 0 Å². The Morgan fingerprint density at radius 2 is 1.81 bits per heavy atom. The number of anilines is 1. The molecule has 0 bridgehead atoms. The monoisotopic (exact) mass is 294 g/mol. The van der Waals surface area contributed by atoms with Gasteiger partial charge < -0.3 is 10.6 Å². The molecule has 0 saturated heterocycles. The fourth-order valence-electron chi connectivity index (χ4n) is 1.98. The first-order valence-electron chi connectivity index (χ1n) is 7.41. The third-order valence-electron chi connectivity index (χ3n) is 3.40. The summed E-state index contributed by atoms with van der Waals surface area (Å²) in [5.74, 6) is -1.38. The zero-order chi connectivity index (χ0) is 15.7. The van der Waals surface area contributed by atoms with Crippen LogP contribution < -0.4 is 10.6 Å². The maximum Gasteiger partial charge on any atom is 0.313 e. The molecular formula is C16H23FN2O2. The quantitative estimate of drug-likeness (QED) is 0.759. The molecule has 2 amide bonds. The lowest BCUT2D eigenvalue weighted by atomic mass is 9.99. The third-order valence-corrected chi connectivity index (χ3v) is 3.40. The molecule has 4 nitrogen and oxygen atoms in total. The number of hydrogen-bond donors (Lipinski definition) is 2. The Labute approximate surface area is 125 Å². The lowest BCUT2D eigenvalue weighted by Crippen LogP contribution is -2.38. The van der Waals surface area contributed by atoms with Crippen molar-refractivity contribution in [1.29, 1.82) is 0 Å². The lowest BCUT2D eigenvalue weighted by Gasteiger charge is -2.15. The maximum atomic E-state index is 12.7. The van der Waals surface area contributed by atoms with Crippen molar-refractivity contribution in [3.05, 3.63) is 30.1 Å². The zero-order valence-corrected chi connectivity index (χ0v) is 12.6. The van der Waals surface area contributed by atoms with Gasteiger partial charge in [-0.2, -0.15) is 0 Å². The van der Waals surface area contributed by atoms with E-state index in [1.165, 1.54) is 24.3 Å². The van der Waals surface area contributed by atoms with Crippen molar-refractivity contribution in [2.75, 3.05) is 11.9 Å². The smallest absolute Gasteiger partial charge is 0.313 e. The van der Waals surface area contributed by atoms with Gasteiger partial charge in [0.1, 0.15) is 5.82 Å². The summed E-state index contributed by atoms with van der Waals surface area (Å²) in [6.07, 6.45) is 4.26. The van der Waals surface area contributed by atoms with Crippen LogP contribution in [0.3, 0.4) is 0 Å². The van der Waals surface area contributed by atoms with E-state index in [9.17, 15) is 14.0 Å². The molecule has 116 valence electrons. The summed E-state index contributed by atoms with van der Waals surface area (Å²) in [6.45, 7) is 4.71. The van der Waals surface area contributed by atoms with Crippen molar-refractivity contribution in [2.24, 2.45) is 5.92 Å². The highest BCUT2D eigenvalue weighted by atomic mass is 19.1. The molecule has 0 radical (unpaired) electrons. The topological polar surface area (TPSA) is 58.2 Å². The predicted molar refractivity (Wildman–Crippen MR) is 81.3 cm³/mol. The van der Waals surface area contributed by atoms with Gasteiger partial charge in [-0.05, 0) is 36.6 Å². The molecule has 0 spiro atoms. The van der Waals surface area contributed by atoms with Crippen molar-refractivity contribution >= 4 is 17.5 Å². The summed E-state index contributed by atoms with van der Waals surface area (Å²) in [4.78, 5) is 23.4. The van der Waals surface area contributed by atoms with Gasteiger partial charge >= 0.3 is 11.8 Å². The Morgan fingerprint density at radius 1 is 1.14 bits per heavy atom. The molecule has 0 fully saturated rings. The van der Waals surface area contributed by atoms with Crippen LogP contribution in [0.25, 0.3) is 0 Å². The van der Waals surface area contributed by atoms with Gasteiger partial charge in [0.05, 0.1) is 0 Å². The number of unbranched alkanes of at least 4 members (excludes halogenated alkanes) is 1.